The Bertz CT molecular complexity index is 353. The van der Waals surface area contributed by atoms with Gasteiger partial charge in [0.1, 0.15) is 0 Å². The predicted molar refractivity (Wildman–Crippen MR) is 80.4 cm³/mol. The van der Waals surface area contributed by atoms with E-state index in [0.717, 1.165) is 26.2 Å². The number of nitrogens with zero attached hydrogens (tertiary/aromatic N) is 3. The molecule has 20 heavy (non-hydrogen) atoms. The van der Waals surface area contributed by atoms with Crippen molar-refractivity contribution in [2.75, 3.05) is 32.7 Å². The standard InChI is InChI=1S/C15H29N3O2/c1-12(2)18(15(4,5)6)14(20)11-16-7-9-17(10-8-16)13(3)19/h12H,7-11H2,1-6H3. The van der Waals surface area contributed by atoms with Crippen LogP contribution in [0.2, 0.25) is 0 Å². The summed E-state index contributed by atoms with van der Waals surface area (Å²) in [7, 11) is 0. The van der Waals surface area contributed by atoms with Crippen LogP contribution in [-0.4, -0.2) is 70.8 Å². The van der Waals surface area contributed by atoms with Crippen LogP contribution in [0, 0.1) is 0 Å². The van der Waals surface area contributed by atoms with Crippen molar-refractivity contribution in [2.24, 2.45) is 0 Å². The van der Waals surface area contributed by atoms with Gasteiger partial charge in [0.15, 0.2) is 0 Å². The molecule has 1 saturated heterocycles. The number of carbonyl (C=O) groups is 2. The molecule has 1 aliphatic rings. The van der Waals surface area contributed by atoms with Crippen LogP contribution in [0.4, 0.5) is 0 Å². The number of hydrogen-bond acceptors (Lipinski definition) is 3. The zero-order chi connectivity index (χ0) is 15.5. The lowest BCUT2D eigenvalue weighted by atomic mass is 10.0. The van der Waals surface area contributed by atoms with E-state index in [1.54, 1.807) is 6.92 Å². The lowest BCUT2D eigenvalue weighted by Gasteiger charge is -2.41. The van der Waals surface area contributed by atoms with Crippen LogP contribution >= 0.6 is 0 Å². The second kappa shape index (κ2) is 6.57. The fourth-order valence-electron chi connectivity index (χ4n) is 2.93. The van der Waals surface area contributed by atoms with Crippen LogP contribution in [0.15, 0.2) is 0 Å². The molecular formula is C15H29N3O2. The molecule has 0 unspecified atom stereocenters. The highest BCUT2D eigenvalue weighted by molar-refractivity contribution is 5.79. The van der Waals surface area contributed by atoms with E-state index in [1.165, 1.54) is 0 Å². The third-order valence-electron chi connectivity index (χ3n) is 3.68. The van der Waals surface area contributed by atoms with Crippen LogP contribution in [0.1, 0.15) is 41.5 Å². The molecule has 0 aromatic heterocycles. The highest BCUT2D eigenvalue weighted by atomic mass is 16.2. The van der Waals surface area contributed by atoms with E-state index in [0.29, 0.717) is 6.54 Å². The Hall–Kier alpha value is -1.10. The maximum absolute atomic E-state index is 12.5. The Morgan fingerprint density at radius 2 is 1.60 bits per heavy atom. The van der Waals surface area contributed by atoms with Crippen LogP contribution in [-0.2, 0) is 9.59 Å². The number of piperazine rings is 1. The summed E-state index contributed by atoms with van der Waals surface area (Å²) in [6.07, 6.45) is 0. The molecule has 1 rings (SSSR count). The van der Waals surface area contributed by atoms with Crippen molar-refractivity contribution >= 4 is 11.8 Å². The molecule has 1 heterocycles. The van der Waals surface area contributed by atoms with Crippen LogP contribution in [0.5, 0.6) is 0 Å². The molecule has 0 radical (unpaired) electrons. The highest BCUT2D eigenvalue weighted by Crippen LogP contribution is 2.17. The van der Waals surface area contributed by atoms with Crippen molar-refractivity contribution in [1.29, 1.82) is 0 Å². The zero-order valence-corrected chi connectivity index (χ0v) is 13.8. The molecule has 116 valence electrons. The second-order valence-electron chi connectivity index (χ2n) is 6.81. The van der Waals surface area contributed by atoms with E-state index in [1.807, 2.05) is 9.80 Å². The second-order valence-corrected chi connectivity index (χ2v) is 6.81. The molecular weight excluding hydrogens is 254 g/mol. The third kappa shape index (κ3) is 4.47. The molecule has 0 aromatic carbocycles. The number of rotatable bonds is 3. The van der Waals surface area contributed by atoms with Gasteiger partial charge in [0.05, 0.1) is 6.54 Å². The first-order valence-electron chi connectivity index (χ1n) is 7.43. The molecule has 1 aliphatic heterocycles. The number of amides is 2. The maximum atomic E-state index is 12.5. The lowest BCUT2D eigenvalue weighted by molar-refractivity contribution is -0.140. The van der Waals surface area contributed by atoms with E-state index >= 15 is 0 Å². The first kappa shape index (κ1) is 17.0. The molecule has 0 aromatic rings. The largest absolute Gasteiger partial charge is 0.340 e. The molecule has 0 saturated carbocycles. The fraction of sp³-hybridized carbons (Fsp3) is 0.867. The molecule has 1 fully saturated rings. The first-order chi connectivity index (χ1) is 9.12. The summed E-state index contributed by atoms with van der Waals surface area (Å²) in [6.45, 7) is 15.4. The van der Waals surface area contributed by atoms with Crippen molar-refractivity contribution in [2.45, 2.75) is 53.1 Å². The molecule has 0 atom stereocenters. The molecule has 5 nitrogen and oxygen atoms in total. The normalized spacial score (nSPS) is 17.4. The Kier molecular flexibility index (Phi) is 5.57. The van der Waals surface area contributed by atoms with E-state index in [9.17, 15) is 9.59 Å². The van der Waals surface area contributed by atoms with E-state index < -0.39 is 0 Å². The van der Waals surface area contributed by atoms with Gasteiger partial charge in [0.25, 0.3) is 0 Å². The Morgan fingerprint density at radius 1 is 1.10 bits per heavy atom. The van der Waals surface area contributed by atoms with E-state index in [2.05, 4.69) is 39.5 Å². The Labute approximate surface area is 122 Å². The number of hydrogen-bond donors (Lipinski definition) is 0. The van der Waals surface area contributed by atoms with Gasteiger partial charge in [-0.2, -0.15) is 0 Å². The molecule has 0 N–H and O–H groups in total. The minimum absolute atomic E-state index is 0.120. The zero-order valence-electron chi connectivity index (χ0n) is 13.8. The summed E-state index contributed by atoms with van der Waals surface area (Å²) < 4.78 is 0. The average Bonchev–Trinajstić information content (AvgIpc) is 2.26. The Balaban J connectivity index is 2.56. The van der Waals surface area contributed by atoms with Gasteiger partial charge in [-0.05, 0) is 34.6 Å². The third-order valence-corrected chi connectivity index (χ3v) is 3.68. The van der Waals surface area contributed by atoms with Gasteiger partial charge >= 0.3 is 0 Å². The summed E-state index contributed by atoms with van der Waals surface area (Å²) in [5, 5.41) is 0. The highest BCUT2D eigenvalue weighted by Gasteiger charge is 2.30. The monoisotopic (exact) mass is 283 g/mol. The first-order valence-corrected chi connectivity index (χ1v) is 7.43. The average molecular weight is 283 g/mol. The summed E-state index contributed by atoms with van der Waals surface area (Å²) in [5.41, 5.74) is -0.160. The van der Waals surface area contributed by atoms with Gasteiger partial charge in [-0.15, -0.1) is 0 Å². The van der Waals surface area contributed by atoms with Crippen LogP contribution in [0.3, 0.4) is 0 Å². The predicted octanol–water partition coefficient (Wildman–Crippen LogP) is 1.19. The van der Waals surface area contributed by atoms with Gasteiger partial charge in [0.2, 0.25) is 11.8 Å². The fourth-order valence-corrected chi connectivity index (χ4v) is 2.93. The van der Waals surface area contributed by atoms with E-state index in [-0.39, 0.29) is 23.4 Å². The molecule has 0 aliphatic carbocycles. The van der Waals surface area contributed by atoms with Crippen molar-refractivity contribution < 1.29 is 9.59 Å². The minimum Gasteiger partial charge on any atom is -0.340 e. The summed E-state index contributed by atoms with van der Waals surface area (Å²) in [6, 6.07) is 0.195. The summed E-state index contributed by atoms with van der Waals surface area (Å²) in [5.74, 6) is 0.290. The lowest BCUT2D eigenvalue weighted by Crippen LogP contribution is -2.55. The molecule has 5 heteroatoms. The topological polar surface area (TPSA) is 43.9 Å². The van der Waals surface area contributed by atoms with Gasteiger partial charge in [-0.3, -0.25) is 14.5 Å². The van der Waals surface area contributed by atoms with Gasteiger partial charge in [0, 0.05) is 44.7 Å². The summed E-state index contributed by atoms with van der Waals surface area (Å²) >= 11 is 0. The SMILES string of the molecule is CC(=O)N1CCN(CC(=O)N(C(C)C)C(C)(C)C)CC1. The maximum Gasteiger partial charge on any atom is 0.237 e. The van der Waals surface area contributed by atoms with Crippen molar-refractivity contribution in [3.63, 3.8) is 0 Å². The number of carbonyl (C=O) groups excluding carboxylic acids is 2. The van der Waals surface area contributed by atoms with Crippen molar-refractivity contribution in [3.8, 4) is 0 Å². The van der Waals surface area contributed by atoms with E-state index in [4.69, 9.17) is 0 Å². The van der Waals surface area contributed by atoms with Gasteiger partial charge in [-0.25, -0.2) is 0 Å². The Morgan fingerprint density at radius 3 is 1.95 bits per heavy atom. The molecule has 2 amide bonds. The van der Waals surface area contributed by atoms with Gasteiger partial charge < -0.3 is 9.80 Å². The summed E-state index contributed by atoms with van der Waals surface area (Å²) in [4.78, 5) is 29.7. The minimum atomic E-state index is -0.160. The molecule has 0 bridgehead atoms. The molecule has 0 spiro atoms. The van der Waals surface area contributed by atoms with Crippen LogP contribution < -0.4 is 0 Å². The van der Waals surface area contributed by atoms with Gasteiger partial charge in [-0.1, -0.05) is 0 Å². The quantitative estimate of drug-likeness (QED) is 0.781. The van der Waals surface area contributed by atoms with Crippen LogP contribution in [0.25, 0.3) is 0 Å². The smallest absolute Gasteiger partial charge is 0.237 e. The van der Waals surface area contributed by atoms with Crippen molar-refractivity contribution in [3.05, 3.63) is 0 Å². The van der Waals surface area contributed by atoms with Crippen molar-refractivity contribution in [1.82, 2.24) is 14.7 Å².